The fourth-order valence-corrected chi connectivity index (χ4v) is 5.47. The minimum absolute atomic E-state index is 0.156. The normalized spacial score (nSPS) is 16.7. The zero-order chi connectivity index (χ0) is 28.1. The lowest BCUT2D eigenvalue weighted by molar-refractivity contribution is -0.120. The second-order valence-electron chi connectivity index (χ2n) is 8.55. The summed E-state index contributed by atoms with van der Waals surface area (Å²) in [6, 6.07) is 2.79. The molecule has 0 spiro atoms. The van der Waals surface area contributed by atoms with Crippen LogP contribution in [0.2, 0.25) is 0 Å². The molecule has 1 aliphatic rings. The fraction of sp³-hybridized carbons (Fsp3) is 0.450. The largest absolute Gasteiger partial charge is 0.505 e. The molecule has 18 heteroatoms. The van der Waals surface area contributed by atoms with Gasteiger partial charge in [-0.15, -0.1) is 0 Å². The molecule has 1 amide bonds. The Labute approximate surface area is 220 Å². The fourth-order valence-electron chi connectivity index (χ4n) is 4.04. The van der Waals surface area contributed by atoms with E-state index in [9.17, 15) is 35.8 Å². The van der Waals surface area contributed by atoms with Crippen LogP contribution in [0.4, 0.5) is 11.4 Å². The first-order valence-electron chi connectivity index (χ1n) is 11.7. The first-order chi connectivity index (χ1) is 17.8. The standard InChI is InChI=1S/C20H30BN7O8S2/c1-2-27-7-5-23-6-8-28(10-9-27)12-17(29)24-21-26-25-14-4-3-13-15(37(31,32)33)11-16(38(34,35)36)19(22)18(13)20(14)30/h3-4,11,21,23,30H,2,5-10,12,22H2,1H3,(H,24,29)(H,31,32,33)(H,34,35,36). The van der Waals surface area contributed by atoms with Crippen LogP contribution in [0.25, 0.3) is 10.8 Å². The number of nitrogen functional groups attached to an aromatic ring is 1. The van der Waals surface area contributed by atoms with Crippen molar-refractivity contribution >= 4 is 55.8 Å². The molecule has 0 aliphatic carbocycles. The predicted molar refractivity (Wildman–Crippen MR) is 141 cm³/mol. The van der Waals surface area contributed by atoms with Gasteiger partial charge in [-0.3, -0.25) is 18.8 Å². The molecule has 38 heavy (non-hydrogen) atoms. The van der Waals surface area contributed by atoms with E-state index in [1.807, 2.05) is 4.90 Å². The number of hydrogen-bond acceptors (Lipinski definition) is 12. The van der Waals surface area contributed by atoms with Crippen molar-refractivity contribution in [1.29, 1.82) is 0 Å². The molecule has 0 atom stereocenters. The molecule has 1 saturated heterocycles. The van der Waals surface area contributed by atoms with Crippen LogP contribution in [0.5, 0.6) is 5.75 Å². The maximum atomic E-state index is 12.4. The van der Waals surface area contributed by atoms with Crippen molar-refractivity contribution in [2.45, 2.75) is 16.7 Å². The zero-order valence-corrected chi connectivity index (χ0v) is 22.3. The van der Waals surface area contributed by atoms with Crippen LogP contribution >= 0.6 is 0 Å². The van der Waals surface area contributed by atoms with Gasteiger partial charge < -0.3 is 26.3 Å². The third-order valence-corrected chi connectivity index (χ3v) is 7.84. The number of hydrogen-bond donors (Lipinski definition) is 6. The number of anilines is 1. The monoisotopic (exact) mass is 571 g/mol. The van der Waals surface area contributed by atoms with E-state index < -0.39 is 46.9 Å². The number of aromatic hydroxyl groups is 1. The Hall–Kier alpha value is -2.87. The summed E-state index contributed by atoms with van der Waals surface area (Å²) < 4.78 is 66.0. The van der Waals surface area contributed by atoms with Gasteiger partial charge in [0.2, 0.25) is 5.91 Å². The second-order valence-corrected chi connectivity index (χ2v) is 11.3. The number of amides is 1. The van der Waals surface area contributed by atoms with Gasteiger partial charge in [-0.05, 0) is 18.7 Å². The molecule has 0 unspecified atom stereocenters. The first kappa shape index (κ1) is 29.7. The van der Waals surface area contributed by atoms with Crippen LogP contribution < -0.4 is 16.3 Å². The third kappa shape index (κ3) is 7.37. The average molecular weight is 571 g/mol. The number of rotatable bonds is 8. The van der Waals surface area contributed by atoms with Crippen molar-refractivity contribution in [2.75, 3.05) is 58.1 Å². The van der Waals surface area contributed by atoms with E-state index in [-0.39, 0.29) is 31.1 Å². The highest BCUT2D eigenvalue weighted by atomic mass is 32.2. The molecule has 0 bridgehead atoms. The highest BCUT2D eigenvalue weighted by molar-refractivity contribution is 7.87. The number of nitrogens with zero attached hydrogens (tertiary/aromatic N) is 4. The summed E-state index contributed by atoms with van der Waals surface area (Å²) in [6.45, 7) is 8.02. The van der Waals surface area contributed by atoms with E-state index in [2.05, 4.69) is 32.5 Å². The topological polar surface area (TPSA) is 227 Å². The second kappa shape index (κ2) is 12.3. The summed E-state index contributed by atoms with van der Waals surface area (Å²) in [5.74, 6) is -1.02. The lowest BCUT2D eigenvalue weighted by Gasteiger charge is -2.24. The lowest BCUT2D eigenvalue weighted by atomic mass is 10.1. The van der Waals surface area contributed by atoms with Crippen LogP contribution in [0.15, 0.2) is 38.1 Å². The van der Waals surface area contributed by atoms with Gasteiger partial charge in [0.25, 0.3) is 20.2 Å². The first-order valence-corrected chi connectivity index (χ1v) is 14.5. The van der Waals surface area contributed by atoms with Gasteiger partial charge in [0.15, 0.2) is 5.75 Å². The van der Waals surface area contributed by atoms with Gasteiger partial charge in [-0.25, -0.2) is 5.03 Å². The van der Waals surface area contributed by atoms with Crippen molar-refractivity contribution in [1.82, 2.24) is 20.3 Å². The number of carbonyl (C=O) groups excluding carboxylic acids is 1. The minimum Gasteiger partial charge on any atom is -0.505 e. The van der Waals surface area contributed by atoms with E-state index in [0.717, 1.165) is 45.3 Å². The lowest BCUT2D eigenvalue weighted by Crippen LogP contribution is -2.42. The number of likely N-dealkylation sites (N-methyl/N-ethyl adjacent to an activating group) is 1. The number of nitrogens with one attached hydrogen (secondary N) is 2. The Morgan fingerprint density at radius 3 is 2.34 bits per heavy atom. The third-order valence-electron chi connectivity index (χ3n) is 6.06. The summed E-state index contributed by atoms with van der Waals surface area (Å²) >= 11 is 0. The van der Waals surface area contributed by atoms with E-state index in [0.29, 0.717) is 12.6 Å². The van der Waals surface area contributed by atoms with Gasteiger partial charge >= 0.3 is 7.55 Å². The van der Waals surface area contributed by atoms with Crippen LogP contribution in [0, 0.1) is 0 Å². The van der Waals surface area contributed by atoms with Gasteiger partial charge in [-0.2, -0.15) is 21.9 Å². The molecule has 0 radical (unpaired) electrons. The number of phenolic OH excluding ortho intramolecular Hbond substituents is 1. The van der Waals surface area contributed by atoms with Crippen LogP contribution in [-0.4, -0.2) is 107 Å². The minimum atomic E-state index is -5.01. The van der Waals surface area contributed by atoms with E-state index in [1.54, 1.807) is 0 Å². The highest BCUT2D eigenvalue weighted by Crippen LogP contribution is 2.43. The van der Waals surface area contributed by atoms with Crippen LogP contribution in [0.3, 0.4) is 0 Å². The van der Waals surface area contributed by atoms with Gasteiger partial charge in [0.1, 0.15) is 15.5 Å². The van der Waals surface area contributed by atoms with Crippen molar-refractivity contribution in [3.63, 3.8) is 0 Å². The molecule has 0 aromatic heterocycles. The van der Waals surface area contributed by atoms with Gasteiger partial charge in [-0.1, -0.05) is 13.0 Å². The molecule has 1 fully saturated rings. The molecule has 208 valence electrons. The summed E-state index contributed by atoms with van der Waals surface area (Å²) in [5.41, 5.74) is 4.92. The predicted octanol–water partition coefficient (Wildman–Crippen LogP) is -0.685. The van der Waals surface area contributed by atoms with Crippen molar-refractivity contribution in [3.8, 4) is 5.75 Å². The van der Waals surface area contributed by atoms with E-state index in [1.165, 1.54) is 6.07 Å². The average Bonchev–Trinajstić information content (AvgIpc) is 2.93. The number of benzene rings is 2. The van der Waals surface area contributed by atoms with Crippen LogP contribution in [0.1, 0.15) is 6.92 Å². The van der Waals surface area contributed by atoms with Gasteiger partial charge in [0, 0.05) is 44.7 Å². The molecule has 1 aliphatic heterocycles. The van der Waals surface area contributed by atoms with Crippen molar-refractivity contribution in [3.05, 3.63) is 18.2 Å². The van der Waals surface area contributed by atoms with Crippen molar-refractivity contribution in [2.24, 2.45) is 10.1 Å². The van der Waals surface area contributed by atoms with Crippen molar-refractivity contribution < 1.29 is 35.8 Å². The molecule has 3 rings (SSSR count). The molecular formula is C20H30BN7O8S2. The number of carbonyl (C=O) groups is 1. The molecule has 7 N–H and O–H groups in total. The molecule has 0 saturated carbocycles. The molecule has 15 nitrogen and oxygen atoms in total. The number of nitrogens with two attached hydrogens (primary N) is 1. The zero-order valence-electron chi connectivity index (χ0n) is 20.7. The van der Waals surface area contributed by atoms with E-state index >= 15 is 0 Å². The van der Waals surface area contributed by atoms with Gasteiger partial charge in [0.05, 0.1) is 17.6 Å². The van der Waals surface area contributed by atoms with Crippen LogP contribution in [-0.2, 0) is 25.0 Å². The Balaban J connectivity index is 1.75. The molecular weight excluding hydrogens is 541 g/mol. The maximum Gasteiger partial charge on any atom is 0.402 e. The number of phenols is 1. The quantitative estimate of drug-likeness (QED) is 0.100. The Morgan fingerprint density at radius 2 is 1.71 bits per heavy atom. The smallest absolute Gasteiger partial charge is 0.402 e. The molecule has 1 heterocycles. The Morgan fingerprint density at radius 1 is 1.08 bits per heavy atom. The number of fused-ring (bicyclic) bond motifs is 1. The summed E-state index contributed by atoms with van der Waals surface area (Å²) in [4.78, 5) is 14.8. The Bertz CT molecular complexity index is 1440. The molecule has 2 aromatic carbocycles. The maximum absolute atomic E-state index is 12.4. The summed E-state index contributed by atoms with van der Waals surface area (Å²) in [6.07, 6.45) is 0. The Kier molecular flexibility index (Phi) is 9.63. The van der Waals surface area contributed by atoms with E-state index in [4.69, 9.17) is 5.73 Å². The molecule has 2 aromatic rings. The summed E-state index contributed by atoms with van der Waals surface area (Å²) in [7, 11) is -10.2. The SMILES string of the molecule is CCN1CCNCCN(CC(=O)NBN=Nc2ccc3c(S(=O)(=O)O)cc(S(=O)(=O)O)c(N)c3c2O)CC1. The highest BCUT2D eigenvalue weighted by Gasteiger charge is 2.26. The summed E-state index contributed by atoms with van der Waals surface area (Å²) in [5, 5.41) is 23.4.